The Hall–Kier alpha value is -2.27. The van der Waals surface area contributed by atoms with E-state index in [1.54, 1.807) is 19.9 Å². The van der Waals surface area contributed by atoms with Crippen LogP contribution in [0.25, 0.3) is 0 Å². The molecule has 1 rings (SSSR count). The number of nitrogens with one attached hydrogen (secondary N) is 2. The number of amides is 1. The standard InChI is InChI=1S/C13H15N3O4S/c1-7(2)4-8(17)5-13(11(19)20-3)9(6-14)10(18)15-12(21)16-13/h4,9H,5H2,1-3H3,(H2,15,16,18,21)/t9-,13+/m1/s1. The molecule has 112 valence electrons. The van der Waals surface area contributed by atoms with Crippen LogP contribution < -0.4 is 10.6 Å². The highest BCUT2D eigenvalue weighted by Crippen LogP contribution is 2.27. The summed E-state index contributed by atoms with van der Waals surface area (Å²) in [5.74, 6) is -3.46. The van der Waals surface area contributed by atoms with Gasteiger partial charge in [0, 0.05) is 6.42 Å². The van der Waals surface area contributed by atoms with Gasteiger partial charge in [0.25, 0.3) is 0 Å². The van der Waals surface area contributed by atoms with Crippen molar-refractivity contribution in [2.75, 3.05) is 7.11 Å². The second kappa shape index (κ2) is 6.45. The monoisotopic (exact) mass is 309 g/mol. The Kier molecular flexibility index (Phi) is 5.16. The zero-order valence-electron chi connectivity index (χ0n) is 11.9. The number of rotatable bonds is 4. The molecular formula is C13H15N3O4S. The van der Waals surface area contributed by atoms with Crippen LogP contribution in [0.2, 0.25) is 0 Å². The largest absolute Gasteiger partial charge is 0.467 e. The van der Waals surface area contributed by atoms with Gasteiger partial charge in [-0.2, -0.15) is 5.26 Å². The second-order valence-electron chi connectivity index (χ2n) is 4.83. The minimum Gasteiger partial charge on any atom is -0.467 e. The molecule has 21 heavy (non-hydrogen) atoms. The van der Waals surface area contributed by atoms with Crippen LogP contribution in [-0.4, -0.2) is 35.4 Å². The number of methoxy groups -OCH3 is 1. The molecule has 7 nitrogen and oxygen atoms in total. The first kappa shape index (κ1) is 16.8. The predicted octanol–water partition coefficient (Wildman–Crippen LogP) is -0.0323. The molecule has 1 aliphatic rings. The quantitative estimate of drug-likeness (QED) is 0.426. The molecule has 0 saturated carbocycles. The lowest BCUT2D eigenvalue weighted by molar-refractivity contribution is -0.154. The molecule has 8 heteroatoms. The highest BCUT2D eigenvalue weighted by Gasteiger charge is 2.55. The smallest absolute Gasteiger partial charge is 0.334 e. The zero-order chi connectivity index (χ0) is 16.2. The fraction of sp³-hybridized carbons (Fsp3) is 0.462. The van der Waals surface area contributed by atoms with E-state index in [0.29, 0.717) is 0 Å². The van der Waals surface area contributed by atoms with Crippen molar-refractivity contribution in [3.8, 4) is 6.07 Å². The molecule has 0 bridgehead atoms. The van der Waals surface area contributed by atoms with Crippen LogP contribution in [0.15, 0.2) is 11.6 Å². The molecule has 0 aromatic heterocycles. The first-order valence-electron chi connectivity index (χ1n) is 6.05. The number of nitriles is 1. The number of carbonyl (C=O) groups excluding carboxylic acids is 3. The summed E-state index contributed by atoms with van der Waals surface area (Å²) in [6.07, 6.45) is 0.924. The minimum atomic E-state index is -1.81. The molecule has 0 radical (unpaired) electrons. The van der Waals surface area contributed by atoms with Crippen molar-refractivity contribution in [2.45, 2.75) is 25.8 Å². The topological polar surface area (TPSA) is 108 Å². The van der Waals surface area contributed by atoms with Gasteiger partial charge in [-0.05, 0) is 32.1 Å². The van der Waals surface area contributed by atoms with Gasteiger partial charge in [-0.3, -0.25) is 9.59 Å². The van der Waals surface area contributed by atoms with E-state index in [2.05, 4.69) is 15.4 Å². The molecule has 2 atom stereocenters. The van der Waals surface area contributed by atoms with Gasteiger partial charge in [0.05, 0.1) is 13.2 Å². The summed E-state index contributed by atoms with van der Waals surface area (Å²) >= 11 is 4.85. The molecule has 1 saturated heterocycles. The molecule has 0 aromatic carbocycles. The Morgan fingerprint density at radius 3 is 2.62 bits per heavy atom. The van der Waals surface area contributed by atoms with Gasteiger partial charge in [0.2, 0.25) is 5.91 Å². The number of ether oxygens (including phenoxy) is 1. The molecule has 0 spiro atoms. The third-order valence-electron chi connectivity index (χ3n) is 2.91. The third-order valence-corrected chi connectivity index (χ3v) is 3.11. The molecule has 1 amide bonds. The van der Waals surface area contributed by atoms with Crippen LogP contribution in [0, 0.1) is 17.2 Å². The maximum atomic E-state index is 12.1. The zero-order valence-corrected chi connectivity index (χ0v) is 12.7. The van der Waals surface area contributed by atoms with Crippen molar-refractivity contribution in [1.29, 1.82) is 5.26 Å². The van der Waals surface area contributed by atoms with Gasteiger partial charge >= 0.3 is 5.97 Å². The first-order chi connectivity index (χ1) is 9.76. The Balaban J connectivity index is 3.30. The van der Waals surface area contributed by atoms with Gasteiger partial charge < -0.3 is 15.4 Å². The number of carbonyl (C=O) groups is 3. The summed E-state index contributed by atoms with van der Waals surface area (Å²) in [6.45, 7) is 3.44. The minimum absolute atomic E-state index is 0.123. The fourth-order valence-electron chi connectivity index (χ4n) is 2.10. The fourth-order valence-corrected chi connectivity index (χ4v) is 2.38. The van der Waals surface area contributed by atoms with E-state index in [-0.39, 0.29) is 5.11 Å². The lowest BCUT2D eigenvalue weighted by atomic mass is 9.78. The van der Waals surface area contributed by atoms with E-state index in [4.69, 9.17) is 12.2 Å². The number of hydrogen-bond acceptors (Lipinski definition) is 6. The Morgan fingerprint density at radius 1 is 1.52 bits per heavy atom. The van der Waals surface area contributed by atoms with E-state index >= 15 is 0 Å². The number of esters is 1. The number of thiocarbonyl (C=S) groups is 1. The molecule has 1 fully saturated rings. The van der Waals surface area contributed by atoms with E-state index in [1.807, 2.05) is 0 Å². The Morgan fingerprint density at radius 2 is 2.14 bits per heavy atom. The molecule has 0 unspecified atom stereocenters. The van der Waals surface area contributed by atoms with Crippen molar-refractivity contribution >= 4 is 35.0 Å². The highest BCUT2D eigenvalue weighted by molar-refractivity contribution is 7.80. The second-order valence-corrected chi connectivity index (χ2v) is 5.24. The maximum absolute atomic E-state index is 12.1. The van der Waals surface area contributed by atoms with Crippen molar-refractivity contribution in [1.82, 2.24) is 10.6 Å². The number of allylic oxidation sites excluding steroid dienone is 2. The number of ketones is 1. The maximum Gasteiger partial charge on any atom is 0.334 e. The summed E-state index contributed by atoms with van der Waals surface area (Å²) < 4.78 is 4.66. The number of nitrogens with zero attached hydrogens (tertiary/aromatic N) is 1. The van der Waals surface area contributed by atoms with Crippen LogP contribution in [0.4, 0.5) is 0 Å². The van der Waals surface area contributed by atoms with Crippen LogP contribution in [0.1, 0.15) is 20.3 Å². The average molecular weight is 309 g/mol. The molecular weight excluding hydrogens is 294 g/mol. The molecule has 0 aromatic rings. The van der Waals surface area contributed by atoms with E-state index < -0.39 is 35.5 Å². The normalized spacial score (nSPS) is 24.2. The van der Waals surface area contributed by atoms with Gasteiger partial charge in [-0.25, -0.2) is 4.79 Å². The van der Waals surface area contributed by atoms with Crippen molar-refractivity contribution in [3.63, 3.8) is 0 Å². The van der Waals surface area contributed by atoms with Crippen LogP contribution in [0.3, 0.4) is 0 Å². The van der Waals surface area contributed by atoms with Gasteiger partial charge in [-0.1, -0.05) is 5.57 Å². The summed E-state index contributed by atoms with van der Waals surface area (Å²) in [5, 5.41) is 13.9. The summed E-state index contributed by atoms with van der Waals surface area (Å²) in [7, 11) is 1.11. The van der Waals surface area contributed by atoms with E-state index in [0.717, 1.165) is 12.7 Å². The predicted molar refractivity (Wildman–Crippen MR) is 76.8 cm³/mol. The first-order valence-corrected chi connectivity index (χ1v) is 6.46. The molecule has 1 aliphatic heterocycles. The van der Waals surface area contributed by atoms with Gasteiger partial charge in [0.15, 0.2) is 22.4 Å². The van der Waals surface area contributed by atoms with Crippen molar-refractivity contribution in [2.24, 2.45) is 5.92 Å². The van der Waals surface area contributed by atoms with Crippen LogP contribution >= 0.6 is 12.2 Å². The number of hydrogen-bond donors (Lipinski definition) is 2. The lowest BCUT2D eigenvalue weighted by Crippen LogP contribution is -2.70. The molecule has 2 N–H and O–H groups in total. The van der Waals surface area contributed by atoms with Crippen molar-refractivity contribution < 1.29 is 19.1 Å². The molecule has 0 aliphatic carbocycles. The summed E-state index contributed by atoms with van der Waals surface area (Å²) in [5.41, 5.74) is -1.08. The SMILES string of the molecule is COC(=O)[C@@]1(CC(=O)C=C(C)C)NC(=S)NC(=O)[C@H]1C#N. The van der Waals surface area contributed by atoms with Crippen LogP contribution in [0.5, 0.6) is 0 Å². The van der Waals surface area contributed by atoms with Crippen LogP contribution in [-0.2, 0) is 19.1 Å². The lowest BCUT2D eigenvalue weighted by Gasteiger charge is -2.38. The Bertz CT molecular complexity index is 574. The summed E-state index contributed by atoms with van der Waals surface area (Å²) in [6, 6.07) is 1.73. The Labute approximate surface area is 127 Å². The highest BCUT2D eigenvalue weighted by atomic mass is 32.1. The van der Waals surface area contributed by atoms with Gasteiger partial charge in [0.1, 0.15) is 0 Å². The van der Waals surface area contributed by atoms with E-state index in [1.165, 1.54) is 6.08 Å². The van der Waals surface area contributed by atoms with Gasteiger partial charge in [-0.15, -0.1) is 0 Å². The van der Waals surface area contributed by atoms with E-state index in [9.17, 15) is 19.6 Å². The third kappa shape index (κ3) is 3.44. The average Bonchev–Trinajstić information content (AvgIpc) is 2.35. The molecule has 1 heterocycles. The summed E-state index contributed by atoms with van der Waals surface area (Å²) in [4.78, 5) is 36.0. The van der Waals surface area contributed by atoms with Crippen molar-refractivity contribution in [3.05, 3.63) is 11.6 Å².